The summed E-state index contributed by atoms with van der Waals surface area (Å²) in [6.45, 7) is 9.62. The first kappa shape index (κ1) is 23.5. The molecule has 1 aliphatic carbocycles. The van der Waals surface area contributed by atoms with Crippen molar-refractivity contribution in [1.82, 2.24) is 0 Å². The molecule has 186 valence electrons. The lowest BCUT2D eigenvalue weighted by Gasteiger charge is -2.44. The summed E-state index contributed by atoms with van der Waals surface area (Å²) in [5.74, 6) is 0. The topological polar surface area (TPSA) is 3.24 Å². The van der Waals surface area contributed by atoms with Gasteiger partial charge in [0.15, 0.2) is 0 Å². The van der Waals surface area contributed by atoms with Crippen molar-refractivity contribution in [1.29, 1.82) is 0 Å². The zero-order valence-corrected chi connectivity index (χ0v) is 23.8. The molecule has 38 heavy (non-hydrogen) atoms. The molecule has 0 radical (unpaired) electrons. The highest BCUT2D eigenvalue weighted by molar-refractivity contribution is 9.10. The van der Waals surface area contributed by atoms with E-state index >= 15 is 0 Å². The van der Waals surface area contributed by atoms with E-state index in [4.69, 9.17) is 0 Å². The first-order valence-electron chi connectivity index (χ1n) is 13.3. The van der Waals surface area contributed by atoms with Crippen molar-refractivity contribution >= 4 is 33.0 Å². The highest BCUT2D eigenvalue weighted by atomic mass is 79.9. The molecule has 5 aromatic rings. The molecule has 2 aliphatic rings. The molecule has 0 amide bonds. The molecule has 5 aromatic carbocycles. The predicted octanol–water partition coefficient (Wildman–Crippen LogP) is 10.5. The third-order valence-electron chi connectivity index (χ3n) is 8.67. The molecule has 0 spiro atoms. The molecule has 2 heteroatoms. The van der Waals surface area contributed by atoms with Crippen molar-refractivity contribution in [3.05, 3.63) is 136 Å². The summed E-state index contributed by atoms with van der Waals surface area (Å²) in [5.41, 5.74) is 14.4. The standard InChI is InChI=1S/C36H30BrN/c1-35(2)29-12-8-9-13-31(29)38(26-10-6-5-7-11-26)32-21-20-28-27-19-16-24(23-14-17-25(37)18-15-23)22-30(27)36(3,4)33(28)34(32)35/h5-22H,1-4H3. The molecule has 0 bridgehead atoms. The van der Waals surface area contributed by atoms with Crippen molar-refractivity contribution in [3.8, 4) is 22.3 Å². The van der Waals surface area contributed by atoms with Gasteiger partial charge >= 0.3 is 0 Å². The highest BCUT2D eigenvalue weighted by Gasteiger charge is 2.46. The van der Waals surface area contributed by atoms with Crippen LogP contribution in [0.25, 0.3) is 22.3 Å². The number of fused-ring (bicyclic) bond motifs is 6. The molecule has 0 atom stereocenters. The third-order valence-corrected chi connectivity index (χ3v) is 9.20. The lowest BCUT2D eigenvalue weighted by molar-refractivity contribution is 0.584. The second kappa shape index (κ2) is 8.19. The van der Waals surface area contributed by atoms with E-state index in [0.717, 1.165) is 4.47 Å². The molecular weight excluding hydrogens is 526 g/mol. The number of rotatable bonds is 2. The summed E-state index contributed by atoms with van der Waals surface area (Å²) in [5, 5.41) is 0. The molecule has 7 rings (SSSR count). The van der Waals surface area contributed by atoms with Crippen LogP contribution in [0.3, 0.4) is 0 Å². The van der Waals surface area contributed by atoms with Gasteiger partial charge in [0.05, 0.1) is 11.4 Å². The number of para-hydroxylation sites is 2. The Hall–Kier alpha value is -3.62. The van der Waals surface area contributed by atoms with Crippen LogP contribution in [0.15, 0.2) is 114 Å². The van der Waals surface area contributed by atoms with Crippen LogP contribution >= 0.6 is 15.9 Å². The summed E-state index contributed by atoms with van der Waals surface area (Å²) >= 11 is 3.58. The van der Waals surface area contributed by atoms with Gasteiger partial charge in [-0.3, -0.25) is 0 Å². The van der Waals surface area contributed by atoms with Crippen LogP contribution in [-0.4, -0.2) is 0 Å². The molecule has 1 heterocycles. The van der Waals surface area contributed by atoms with Gasteiger partial charge in [0, 0.05) is 21.0 Å². The Bertz CT molecular complexity index is 1710. The average molecular weight is 557 g/mol. The lowest BCUT2D eigenvalue weighted by Crippen LogP contribution is -2.34. The normalized spacial score (nSPS) is 15.9. The number of hydrogen-bond donors (Lipinski definition) is 0. The minimum atomic E-state index is -0.142. The molecule has 0 N–H and O–H groups in total. The van der Waals surface area contributed by atoms with Crippen LogP contribution in [0.2, 0.25) is 0 Å². The Morgan fingerprint density at radius 3 is 1.92 bits per heavy atom. The quantitative estimate of drug-likeness (QED) is 0.209. The number of halogens is 1. The van der Waals surface area contributed by atoms with Crippen LogP contribution in [-0.2, 0) is 10.8 Å². The minimum Gasteiger partial charge on any atom is -0.310 e. The van der Waals surface area contributed by atoms with Gasteiger partial charge < -0.3 is 4.90 Å². The van der Waals surface area contributed by atoms with Gasteiger partial charge in [-0.25, -0.2) is 0 Å². The molecule has 0 unspecified atom stereocenters. The Labute approximate surface area is 233 Å². The van der Waals surface area contributed by atoms with E-state index < -0.39 is 0 Å². The number of benzene rings is 5. The zero-order chi connectivity index (χ0) is 26.2. The molecule has 0 fully saturated rings. The summed E-state index contributed by atoms with van der Waals surface area (Å²) in [6.07, 6.45) is 0. The fourth-order valence-corrected chi connectivity index (χ4v) is 7.12. The zero-order valence-electron chi connectivity index (χ0n) is 22.2. The Kier molecular flexibility index (Phi) is 5.06. The van der Waals surface area contributed by atoms with Gasteiger partial charge in [-0.15, -0.1) is 0 Å². The average Bonchev–Trinajstić information content (AvgIpc) is 3.16. The fourth-order valence-electron chi connectivity index (χ4n) is 6.85. The van der Waals surface area contributed by atoms with E-state index in [-0.39, 0.29) is 10.8 Å². The molecule has 1 nitrogen and oxygen atoms in total. The molecule has 0 saturated heterocycles. The van der Waals surface area contributed by atoms with E-state index in [2.05, 4.69) is 158 Å². The van der Waals surface area contributed by atoms with Crippen LogP contribution < -0.4 is 4.90 Å². The predicted molar refractivity (Wildman–Crippen MR) is 164 cm³/mol. The van der Waals surface area contributed by atoms with Crippen molar-refractivity contribution in [3.63, 3.8) is 0 Å². The number of anilines is 3. The van der Waals surface area contributed by atoms with Crippen molar-refractivity contribution < 1.29 is 0 Å². The first-order valence-corrected chi connectivity index (χ1v) is 14.1. The van der Waals surface area contributed by atoms with E-state index in [0.29, 0.717) is 0 Å². The summed E-state index contributed by atoms with van der Waals surface area (Å²) < 4.78 is 1.10. The van der Waals surface area contributed by atoms with Gasteiger partial charge in [-0.1, -0.05) is 110 Å². The van der Waals surface area contributed by atoms with E-state index in [1.165, 1.54) is 61.6 Å². The van der Waals surface area contributed by atoms with Gasteiger partial charge in [0.25, 0.3) is 0 Å². The van der Waals surface area contributed by atoms with Crippen molar-refractivity contribution in [2.75, 3.05) is 4.90 Å². The largest absolute Gasteiger partial charge is 0.310 e. The fraction of sp³-hybridized carbons (Fsp3) is 0.167. The smallest absolute Gasteiger partial charge is 0.0506 e. The van der Waals surface area contributed by atoms with Gasteiger partial charge in [0.1, 0.15) is 0 Å². The maximum atomic E-state index is 3.58. The number of nitrogens with zero attached hydrogens (tertiary/aromatic N) is 1. The first-order chi connectivity index (χ1) is 18.3. The maximum Gasteiger partial charge on any atom is 0.0506 e. The van der Waals surface area contributed by atoms with Gasteiger partial charge in [-0.2, -0.15) is 0 Å². The minimum absolute atomic E-state index is 0.132. The molecule has 1 aliphatic heterocycles. The maximum absolute atomic E-state index is 3.58. The van der Waals surface area contributed by atoms with Crippen LogP contribution in [0, 0.1) is 0 Å². The number of hydrogen-bond acceptors (Lipinski definition) is 1. The Morgan fingerprint density at radius 1 is 0.526 bits per heavy atom. The van der Waals surface area contributed by atoms with Gasteiger partial charge in [-0.05, 0) is 87.0 Å². The van der Waals surface area contributed by atoms with Gasteiger partial charge in [0.2, 0.25) is 0 Å². The Balaban J connectivity index is 1.48. The second-order valence-corrected chi connectivity index (χ2v) is 12.5. The third kappa shape index (κ3) is 3.23. The SMILES string of the molecule is CC1(C)c2cc(-c3ccc(Br)cc3)ccc2-c2ccc3c(c21)C(C)(C)c1ccccc1N3c1ccccc1. The van der Waals surface area contributed by atoms with E-state index in [1.807, 2.05) is 0 Å². The highest BCUT2D eigenvalue weighted by Crippen LogP contribution is 2.60. The molecule has 0 saturated carbocycles. The van der Waals surface area contributed by atoms with Crippen molar-refractivity contribution in [2.24, 2.45) is 0 Å². The Morgan fingerprint density at radius 2 is 1.16 bits per heavy atom. The summed E-state index contributed by atoms with van der Waals surface area (Å²) in [6, 6.07) is 40.1. The van der Waals surface area contributed by atoms with Crippen LogP contribution in [0.4, 0.5) is 17.1 Å². The van der Waals surface area contributed by atoms with Crippen LogP contribution in [0.5, 0.6) is 0 Å². The molecular formula is C36H30BrN. The monoisotopic (exact) mass is 555 g/mol. The lowest BCUT2D eigenvalue weighted by atomic mass is 9.67. The van der Waals surface area contributed by atoms with Crippen molar-refractivity contribution in [2.45, 2.75) is 38.5 Å². The van der Waals surface area contributed by atoms with Crippen LogP contribution in [0.1, 0.15) is 49.9 Å². The summed E-state index contributed by atoms with van der Waals surface area (Å²) in [7, 11) is 0. The molecule has 0 aromatic heterocycles. The van der Waals surface area contributed by atoms with E-state index in [1.54, 1.807) is 0 Å². The summed E-state index contributed by atoms with van der Waals surface area (Å²) in [4.78, 5) is 2.46. The van der Waals surface area contributed by atoms with E-state index in [9.17, 15) is 0 Å². The second-order valence-electron chi connectivity index (χ2n) is 11.6.